The molecule has 0 radical (unpaired) electrons. The third kappa shape index (κ3) is 2.30. The first-order valence-electron chi connectivity index (χ1n) is 6.27. The molecule has 3 amide bonds. The van der Waals surface area contributed by atoms with Gasteiger partial charge in [0.1, 0.15) is 5.54 Å². The zero-order valence-electron chi connectivity index (χ0n) is 11.5. The zero-order valence-corrected chi connectivity index (χ0v) is 11.5. The molecule has 6 nitrogen and oxygen atoms in total. The average molecular weight is 275 g/mol. The fourth-order valence-corrected chi connectivity index (χ4v) is 2.68. The van der Waals surface area contributed by atoms with Crippen LogP contribution in [0.4, 0.5) is 5.69 Å². The third-order valence-electron chi connectivity index (χ3n) is 3.87. The lowest BCUT2D eigenvalue weighted by Gasteiger charge is -2.33. The van der Waals surface area contributed by atoms with Gasteiger partial charge in [0.2, 0.25) is 18.7 Å². The van der Waals surface area contributed by atoms with Crippen molar-refractivity contribution >= 4 is 24.4 Å². The summed E-state index contributed by atoms with van der Waals surface area (Å²) in [5, 5.41) is 4.85. The smallest absolute Gasteiger partial charge is 0.247 e. The SMILES string of the molecule is CN(C)C1(C(=O)NC=O)Cc2ccc(NC=O)cc2C1. The second-order valence-electron chi connectivity index (χ2n) is 5.12. The van der Waals surface area contributed by atoms with Crippen molar-refractivity contribution in [3.8, 4) is 0 Å². The molecule has 1 aromatic rings. The van der Waals surface area contributed by atoms with Crippen molar-refractivity contribution in [3.05, 3.63) is 29.3 Å². The van der Waals surface area contributed by atoms with E-state index < -0.39 is 5.54 Å². The van der Waals surface area contributed by atoms with Crippen molar-refractivity contribution in [3.63, 3.8) is 0 Å². The van der Waals surface area contributed by atoms with Gasteiger partial charge in [0.15, 0.2) is 0 Å². The van der Waals surface area contributed by atoms with Gasteiger partial charge in [-0.3, -0.25) is 24.6 Å². The molecule has 2 N–H and O–H groups in total. The number of carbonyl (C=O) groups excluding carboxylic acids is 3. The van der Waals surface area contributed by atoms with E-state index >= 15 is 0 Å². The lowest BCUT2D eigenvalue weighted by atomic mass is 9.93. The van der Waals surface area contributed by atoms with E-state index in [4.69, 9.17) is 0 Å². The Morgan fingerprint density at radius 1 is 1.20 bits per heavy atom. The van der Waals surface area contributed by atoms with E-state index in [1.165, 1.54) is 0 Å². The molecule has 1 aliphatic carbocycles. The second kappa shape index (κ2) is 5.42. The van der Waals surface area contributed by atoms with Gasteiger partial charge in [-0.25, -0.2) is 0 Å². The highest BCUT2D eigenvalue weighted by atomic mass is 16.2. The molecule has 0 saturated carbocycles. The van der Waals surface area contributed by atoms with E-state index in [0.29, 0.717) is 31.3 Å². The van der Waals surface area contributed by atoms with Crippen LogP contribution < -0.4 is 10.6 Å². The highest BCUT2D eigenvalue weighted by Gasteiger charge is 2.45. The summed E-state index contributed by atoms with van der Waals surface area (Å²) in [6, 6.07) is 5.57. The molecule has 2 rings (SSSR count). The van der Waals surface area contributed by atoms with E-state index in [1.54, 1.807) is 6.07 Å². The average Bonchev–Trinajstić information content (AvgIpc) is 2.79. The Balaban J connectivity index is 2.34. The van der Waals surface area contributed by atoms with Gasteiger partial charge in [0.05, 0.1) is 0 Å². The summed E-state index contributed by atoms with van der Waals surface area (Å²) in [5.41, 5.74) is 2.00. The summed E-state index contributed by atoms with van der Waals surface area (Å²) in [4.78, 5) is 35.1. The topological polar surface area (TPSA) is 78.5 Å². The minimum absolute atomic E-state index is 0.307. The van der Waals surface area contributed by atoms with Gasteiger partial charge < -0.3 is 5.32 Å². The van der Waals surface area contributed by atoms with Crippen molar-refractivity contribution in [1.29, 1.82) is 0 Å². The van der Waals surface area contributed by atoms with E-state index in [2.05, 4.69) is 10.6 Å². The molecule has 0 fully saturated rings. The number of likely N-dealkylation sites (N-methyl/N-ethyl adjacent to an activating group) is 1. The van der Waals surface area contributed by atoms with Crippen LogP contribution in [0, 0.1) is 0 Å². The molecule has 106 valence electrons. The number of hydrogen-bond donors (Lipinski definition) is 2. The Morgan fingerprint density at radius 2 is 1.90 bits per heavy atom. The Bertz CT molecular complexity index is 557. The Labute approximate surface area is 117 Å². The molecule has 1 unspecified atom stereocenters. The minimum Gasteiger partial charge on any atom is -0.329 e. The molecular formula is C14H17N3O3. The molecule has 0 aliphatic heterocycles. The molecule has 0 spiro atoms. The second-order valence-corrected chi connectivity index (χ2v) is 5.12. The number of carbonyl (C=O) groups is 3. The maximum Gasteiger partial charge on any atom is 0.247 e. The van der Waals surface area contributed by atoms with Crippen LogP contribution in [0.5, 0.6) is 0 Å². The standard InChI is InChI=1S/C14H17N3O3/c1-17(2)14(13(20)16-9-19)6-10-3-4-12(15-8-18)5-11(10)7-14/h3-5,8-9H,6-7H2,1-2H3,(H,15,18)(H,16,19,20). The number of fused-ring (bicyclic) bond motifs is 1. The largest absolute Gasteiger partial charge is 0.329 e. The van der Waals surface area contributed by atoms with Gasteiger partial charge in [-0.2, -0.15) is 0 Å². The van der Waals surface area contributed by atoms with Crippen LogP contribution in [0.15, 0.2) is 18.2 Å². The van der Waals surface area contributed by atoms with E-state index in [1.807, 2.05) is 31.1 Å². The van der Waals surface area contributed by atoms with E-state index in [-0.39, 0.29) is 5.91 Å². The Morgan fingerprint density at radius 3 is 2.50 bits per heavy atom. The van der Waals surface area contributed by atoms with Crippen LogP contribution in [-0.4, -0.2) is 43.3 Å². The molecule has 0 bridgehead atoms. The summed E-state index contributed by atoms with van der Waals surface area (Å²) in [7, 11) is 3.64. The summed E-state index contributed by atoms with van der Waals surface area (Å²) >= 11 is 0. The number of benzene rings is 1. The molecule has 0 saturated heterocycles. The first-order chi connectivity index (χ1) is 9.53. The number of nitrogens with one attached hydrogen (secondary N) is 2. The fraction of sp³-hybridized carbons (Fsp3) is 0.357. The van der Waals surface area contributed by atoms with Crippen molar-refractivity contribution in [2.45, 2.75) is 18.4 Å². The molecule has 20 heavy (non-hydrogen) atoms. The first kappa shape index (κ1) is 14.2. The van der Waals surface area contributed by atoms with Crippen LogP contribution in [0.25, 0.3) is 0 Å². The number of rotatable bonds is 5. The molecule has 1 aromatic carbocycles. The summed E-state index contributed by atoms with van der Waals surface area (Å²) < 4.78 is 0. The van der Waals surface area contributed by atoms with Gasteiger partial charge in [0, 0.05) is 18.5 Å². The van der Waals surface area contributed by atoms with Crippen LogP contribution in [0.3, 0.4) is 0 Å². The quantitative estimate of drug-likeness (QED) is 0.737. The predicted octanol–water partition coefficient (Wildman–Crippen LogP) is -0.0735. The first-order valence-corrected chi connectivity index (χ1v) is 6.27. The van der Waals surface area contributed by atoms with Crippen molar-refractivity contribution in [2.24, 2.45) is 0 Å². The molecular weight excluding hydrogens is 258 g/mol. The maximum absolute atomic E-state index is 12.2. The number of anilines is 1. The number of hydrogen-bond acceptors (Lipinski definition) is 4. The zero-order chi connectivity index (χ0) is 14.8. The van der Waals surface area contributed by atoms with Crippen molar-refractivity contribution in [1.82, 2.24) is 10.2 Å². The lowest BCUT2D eigenvalue weighted by Crippen LogP contribution is -2.56. The van der Waals surface area contributed by atoms with E-state index in [9.17, 15) is 14.4 Å². The van der Waals surface area contributed by atoms with Gasteiger partial charge in [-0.05, 0) is 37.4 Å². The summed E-state index contributed by atoms with van der Waals surface area (Å²) in [5.74, 6) is -0.307. The number of amides is 3. The molecule has 0 heterocycles. The van der Waals surface area contributed by atoms with Gasteiger partial charge in [-0.15, -0.1) is 0 Å². The lowest BCUT2D eigenvalue weighted by molar-refractivity contribution is -0.134. The van der Waals surface area contributed by atoms with Crippen LogP contribution >= 0.6 is 0 Å². The van der Waals surface area contributed by atoms with Gasteiger partial charge in [0.25, 0.3) is 0 Å². The maximum atomic E-state index is 12.2. The van der Waals surface area contributed by atoms with Gasteiger partial charge >= 0.3 is 0 Å². The Kier molecular flexibility index (Phi) is 3.85. The molecule has 6 heteroatoms. The predicted molar refractivity (Wildman–Crippen MR) is 74.2 cm³/mol. The molecule has 0 aromatic heterocycles. The van der Waals surface area contributed by atoms with Crippen LogP contribution in [0.1, 0.15) is 11.1 Å². The molecule has 1 aliphatic rings. The van der Waals surface area contributed by atoms with Crippen LogP contribution in [0.2, 0.25) is 0 Å². The monoisotopic (exact) mass is 275 g/mol. The third-order valence-corrected chi connectivity index (χ3v) is 3.87. The summed E-state index contributed by atoms with van der Waals surface area (Å²) in [6.45, 7) is 0. The normalized spacial score (nSPS) is 20.4. The van der Waals surface area contributed by atoms with Gasteiger partial charge in [-0.1, -0.05) is 6.07 Å². The van der Waals surface area contributed by atoms with Crippen molar-refractivity contribution in [2.75, 3.05) is 19.4 Å². The van der Waals surface area contributed by atoms with Crippen molar-refractivity contribution < 1.29 is 14.4 Å². The molecule has 1 atom stereocenters. The fourth-order valence-electron chi connectivity index (χ4n) is 2.68. The van der Waals surface area contributed by atoms with Crippen LogP contribution in [-0.2, 0) is 27.2 Å². The number of imide groups is 1. The number of nitrogens with zero attached hydrogens (tertiary/aromatic N) is 1. The Hall–Kier alpha value is -2.21. The minimum atomic E-state index is -0.761. The highest BCUT2D eigenvalue weighted by Crippen LogP contribution is 2.35. The highest BCUT2D eigenvalue weighted by molar-refractivity contribution is 5.94. The van der Waals surface area contributed by atoms with E-state index in [0.717, 1.165) is 11.1 Å². The summed E-state index contributed by atoms with van der Waals surface area (Å²) in [6.07, 6.45) is 2.07.